The summed E-state index contributed by atoms with van der Waals surface area (Å²) >= 11 is 0. The summed E-state index contributed by atoms with van der Waals surface area (Å²) in [4.78, 5) is 22.0. The molecule has 3 rings (SSSR count). The van der Waals surface area contributed by atoms with Gasteiger partial charge in [-0.3, -0.25) is 14.9 Å². The molecule has 1 amide bonds. The van der Waals surface area contributed by atoms with Crippen molar-refractivity contribution in [2.24, 2.45) is 0 Å². The van der Waals surface area contributed by atoms with Gasteiger partial charge in [0, 0.05) is 25.2 Å². The fourth-order valence-corrected chi connectivity index (χ4v) is 3.93. The summed E-state index contributed by atoms with van der Waals surface area (Å²) in [6.07, 6.45) is 1.83. The van der Waals surface area contributed by atoms with Crippen molar-refractivity contribution in [3.63, 3.8) is 0 Å². The second kappa shape index (κ2) is 7.56. The van der Waals surface area contributed by atoms with Crippen molar-refractivity contribution in [1.82, 2.24) is 9.62 Å². The summed E-state index contributed by atoms with van der Waals surface area (Å²) < 4.78 is 36.8. The van der Waals surface area contributed by atoms with Crippen molar-refractivity contribution in [3.05, 3.63) is 28.3 Å². The van der Waals surface area contributed by atoms with Gasteiger partial charge in [0.15, 0.2) is 12.4 Å². The normalized spacial score (nSPS) is 18.3. The van der Waals surface area contributed by atoms with Gasteiger partial charge in [-0.25, -0.2) is 8.42 Å². The van der Waals surface area contributed by atoms with Crippen molar-refractivity contribution < 1.29 is 27.6 Å². The van der Waals surface area contributed by atoms with Gasteiger partial charge in [0.05, 0.1) is 23.0 Å². The smallest absolute Gasteiger partial charge is 0.312 e. The van der Waals surface area contributed by atoms with Gasteiger partial charge in [0.2, 0.25) is 10.0 Å². The van der Waals surface area contributed by atoms with Crippen LogP contribution in [0.2, 0.25) is 0 Å². The number of morpholine rings is 1. The number of nitrogens with zero attached hydrogens (tertiary/aromatic N) is 2. The minimum absolute atomic E-state index is 0.151. The van der Waals surface area contributed by atoms with Crippen molar-refractivity contribution >= 4 is 21.6 Å². The minimum atomic E-state index is -3.86. The molecule has 1 aromatic rings. The first-order valence-corrected chi connectivity index (χ1v) is 9.60. The molecule has 1 saturated carbocycles. The zero-order valence-electron chi connectivity index (χ0n) is 13.9. The number of nitrogens with one attached hydrogen (secondary N) is 1. The highest BCUT2D eigenvalue weighted by molar-refractivity contribution is 7.89. The quantitative estimate of drug-likeness (QED) is 0.527. The van der Waals surface area contributed by atoms with Crippen molar-refractivity contribution in [2.45, 2.75) is 23.8 Å². The Morgan fingerprint density at radius 3 is 2.65 bits per heavy atom. The molecular weight excluding hydrogens is 366 g/mol. The predicted molar refractivity (Wildman–Crippen MR) is 89.3 cm³/mol. The first kappa shape index (κ1) is 18.5. The highest BCUT2D eigenvalue weighted by Crippen LogP contribution is 2.31. The van der Waals surface area contributed by atoms with E-state index >= 15 is 0 Å². The Labute approximate surface area is 150 Å². The topological polar surface area (TPSA) is 128 Å². The Kier molecular flexibility index (Phi) is 5.39. The molecule has 1 saturated heterocycles. The zero-order valence-corrected chi connectivity index (χ0v) is 14.7. The molecule has 1 aliphatic heterocycles. The van der Waals surface area contributed by atoms with Crippen LogP contribution in [0, 0.1) is 10.1 Å². The summed E-state index contributed by atoms with van der Waals surface area (Å²) in [6, 6.07) is 3.56. The van der Waals surface area contributed by atoms with Gasteiger partial charge in [-0.1, -0.05) is 0 Å². The Bertz CT molecular complexity index is 801. The first-order chi connectivity index (χ1) is 12.4. The lowest BCUT2D eigenvalue weighted by atomic mass is 10.3. The Balaban J connectivity index is 1.77. The molecule has 10 nitrogen and oxygen atoms in total. The zero-order chi connectivity index (χ0) is 18.7. The van der Waals surface area contributed by atoms with E-state index in [0.717, 1.165) is 18.9 Å². The summed E-state index contributed by atoms with van der Waals surface area (Å²) in [5.74, 6) is -0.520. The molecular formula is C15H19N3O7S. The molecule has 0 unspecified atom stereocenters. The van der Waals surface area contributed by atoms with Crippen LogP contribution in [-0.4, -0.2) is 62.5 Å². The predicted octanol–water partition coefficient (Wildman–Crippen LogP) is 0.273. The maximum Gasteiger partial charge on any atom is 0.312 e. The van der Waals surface area contributed by atoms with Gasteiger partial charge in [-0.15, -0.1) is 0 Å². The number of ether oxygens (including phenoxy) is 2. The third kappa shape index (κ3) is 4.29. The fourth-order valence-electron chi connectivity index (χ4n) is 2.50. The number of nitro benzene ring substituents is 1. The molecule has 0 atom stereocenters. The molecule has 11 heteroatoms. The fraction of sp³-hybridized carbons (Fsp3) is 0.533. The van der Waals surface area contributed by atoms with Gasteiger partial charge in [0.25, 0.3) is 5.91 Å². The Morgan fingerprint density at radius 2 is 2.04 bits per heavy atom. The number of sulfonamides is 1. The lowest BCUT2D eigenvalue weighted by Gasteiger charge is -2.26. The van der Waals surface area contributed by atoms with Crippen LogP contribution in [0.5, 0.6) is 5.75 Å². The average Bonchev–Trinajstić information content (AvgIpc) is 3.44. The van der Waals surface area contributed by atoms with E-state index in [1.54, 1.807) is 0 Å². The highest BCUT2D eigenvalue weighted by atomic mass is 32.2. The van der Waals surface area contributed by atoms with E-state index in [2.05, 4.69) is 5.32 Å². The monoisotopic (exact) mass is 385 g/mol. The van der Waals surface area contributed by atoms with E-state index in [1.807, 2.05) is 0 Å². The van der Waals surface area contributed by atoms with Gasteiger partial charge >= 0.3 is 5.69 Å². The lowest BCUT2D eigenvalue weighted by Crippen LogP contribution is -2.40. The van der Waals surface area contributed by atoms with Crippen molar-refractivity contribution in [3.8, 4) is 5.75 Å². The van der Waals surface area contributed by atoms with Crippen LogP contribution >= 0.6 is 0 Å². The number of hydrogen-bond donors (Lipinski definition) is 1. The van der Waals surface area contributed by atoms with E-state index in [9.17, 15) is 23.3 Å². The molecule has 1 heterocycles. The van der Waals surface area contributed by atoms with Crippen LogP contribution in [0.3, 0.4) is 0 Å². The molecule has 0 aromatic heterocycles. The molecule has 1 aliphatic carbocycles. The molecule has 26 heavy (non-hydrogen) atoms. The number of carbonyl (C=O) groups is 1. The van der Waals surface area contributed by atoms with Crippen LogP contribution < -0.4 is 10.1 Å². The van der Waals surface area contributed by atoms with Crippen LogP contribution in [0.1, 0.15) is 12.8 Å². The number of rotatable bonds is 7. The summed E-state index contributed by atoms with van der Waals surface area (Å²) in [6.45, 7) is 0.565. The van der Waals surface area contributed by atoms with E-state index in [0.29, 0.717) is 0 Å². The number of hydrogen-bond acceptors (Lipinski definition) is 7. The molecule has 1 N–H and O–H groups in total. The standard InChI is InChI=1S/C15H19N3O7S/c19-15(16-11-1-2-11)10-25-14-4-3-12(9-13(14)18(20)21)26(22,23)17-5-7-24-8-6-17/h3-4,9,11H,1-2,5-8,10H2,(H,16,19). The van der Waals surface area contributed by atoms with Gasteiger partial charge in [0.1, 0.15) is 0 Å². The molecule has 0 radical (unpaired) electrons. The van der Waals surface area contributed by atoms with E-state index < -0.39 is 20.6 Å². The van der Waals surface area contributed by atoms with Gasteiger partial charge < -0.3 is 14.8 Å². The third-order valence-corrected chi connectivity index (χ3v) is 5.93. The molecule has 142 valence electrons. The minimum Gasteiger partial charge on any atom is -0.477 e. The van der Waals surface area contributed by atoms with E-state index in [4.69, 9.17) is 9.47 Å². The highest BCUT2D eigenvalue weighted by Gasteiger charge is 2.29. The van der Waals surface area contributed by atoms with Crippen LogP contribution in [0.4, 0.5) is 5.69 Å². The van der Waals surface area contributed by atoms with Gasteiger partial charge in [-0.05, 0) is 25.0 Å². The maximum absolute atomic E-state index is 12.6. The number of carbonyl (C=O) groups excluding carboxylic acids is 1. The maximum atomic E-state index is 12.6. The number of nitro groups is 1. The summed E-state index contributed by atoms with van der Waals surface area (Å²) in [7, 11) is -3.86. The lowest BCUT2D eigenvalue weighted by molar-refractivity contribution is -0.386. The Hall–Kier alpha value is -2.24. The van der Waals surface area contributed by atoms with Crippen LogP contribution in [0.15, 0.2) is 23.1 Å². The largest absolute Gasteiger partial charge is 0.477 e. The van der Waals surface area contributed by atoms with E-state index in [-0.39, 0.29) is 55.5 Å². The summed E-state index contributed by atoms with van der Waals surface area (Å²) in [5, 5.41) is 14.0. The average molecular weight is 385 g/mol. The Morgan fingerprint density at radius 1 is 1.35 bits per heavy atom. The van der Waals surface area contributed by atoms with Gasteiger partial charge in [-0.2, -0.15) is 4.31 Å². The van der Waals surface area contributed by atoms with Crippen LogP contribution in [0.25, 0.3) is 0 Å². The molecule has 1 aromatic carbocycles. The van der Waals surface area contributed by atoms with Crippen molar-refractivity contribution in [2.75, 3.05) is 32.9 Å². The number of benzene rings is 1. The SMILES string of the molecule is O=C(COc1ccc(S(=O)(=O)N2CCOCC2)cc1[N+](=O)[O-])NC1CC1. The first-order valence-electron chi connectivity index (χ1n) is 8.16. The summed E-state index contributed by atoms with van der Waals surface area (Å²) in [5.41, 5.74) is -0.501. The molecule has 0 bridgehead atoms. The second-order valence-corrected chi connectivity index (χ2v) is 7.97. The van der Waals surface area contributed by atoms with Crippen molar-refractivity contribution in [1.29, 1.82) is 0 Å². The second-order valence-electron chi connectivity index (χ2n) is 6.03. The van der Waals surface area contributed by atoms with Crippen LogP contribution in [-0.2, 0) is 19.6 Å². The van der Waals surface area contributed by atoms with E-state index in [1.165, 1.54) is 16.4 Å². The molecule has 2 fully saturated rings. The molecule has 0 spiro atoms. The number of amides is 1. The molecule has 2 aliphatic rings. The third-order valence-electron chi connectivity index (χ3n) is 4.04.